The monoisotopic (exact) mass is 584 g/mol. The van der Waals surface area contributed by atoms with Crippen LogP contribution < -0.4 is 10.1 Å². The molecule has 0 unspecified atom stereocenters. The number of rotatable bonds is 10. The molecule has 7 nitrogen and oxygen atoms in total. The van der Waals surface area contributed by atoms with Gasteiger partial charge < -0.3 is 19.9 Å². The van der Waals surface area contributed by atoms with Crippen molar-refractivity contribution in [2.75, 3.05) is 13.1 Å². The standard InChI is InChI=1S/C33H33FN4O3S/c1-4-37(5-2)32(40)30-22(3)36-33-38(26(21-42-33)19-29(39)35-20-23-14-16-25(34)17-15-23)31(30)24-10-9-13-28(18-24)41-27-11-7-6-8-12-27/h6-18,21,31H,4-5,19-20H2,1-3H3,(H,35,39)/t31-/m0/s1. The average Bonchev–Trinajstić information content (AvgIpc) is 3.38. The predicted molar refractivity (Wildman–Crippen MR) is 164 cm³/mol. The summed E-state index contributed by atoms with van der Waals surface area (Å²) < 4.78 is 19.4. The van der Waals surface area contributed by atoms with E-state index in [2.05, 4.69) is 5.32 Å². The average molecular weight is 585 g/mol. The molecule has 0 bridgehead atoms. The van der Waals surface area contributed by atoms with E-state index in [9.17, 15) is 14.0 Å². The van der Waals surface area contributed by atoms with Gasteiger partial charge in [-0.25, -0.2) is 9.38 Å². The highest BCUT2D eigenvalue weighted by atomic mass is 32.2. The molecule has 42 heavy (non-hydrogen) atoms. The van der Waals surface area contributed by atoms with Crippen LogP contribution in [0.15, 0.2) is 106 Å². The lowest BCUT2D eigenvalue weighted by molar-refractivity contribution is -0.127. The van der Waals surface area contributed by atoms with Crippen molar-refractivity contribution in [3.05, 3.63) is 118 Å². The summed E-state index contributed by atoms with van der Waals surface area (Å²) in [4.78, 5) is 35.6. The third kappa shape index (κ3) is 6.41. The summed E-state index contributed by atoms with van der Waals surface area (Å²) in [5, 5.41) is 5.56. The van der Waals surface area contributed by atoms with E-state index >= 15 is 0 Å². The zero-order chi connectivity index (χ0) is 29.6. The molecule has 0 aromatic heterocycles. The zero-order valence-electron chi connectivity index (χ0n) is 23.8. The van der Waals surface area contributed by atoms with Crippen molar-refractivity contribution < 1.29 is 18.7 Å². The maximum Gasteiger partial charge on any atom is 0.254 e. The highest BCUT2D eigenvalue weighted by molar-refractivity contribution is 8.16. The van der Waals surface area contributed by atoms with Crippen molar-refractivity contribution in [2.45, 2.75) is 39.8 Å². The first kappa shape index (κ1) is 29.1. The van der Waals surface area contributed by atoms with Gasteiger partial charge in [-0.1, -0.05) is 54.2 Å². The summed E-state index contributed by atoms with van der Waals surface area (Å²) in [7, 11) is 0. The molecule has 2 aliphatic rings. The molecule has 0 fully saturated rings. The molecule has 0 saturated heterocycles. The minimum atomic E-state index is -0.504. The van der Waals surface area contributed by atoms with Crippen molar-refractivity contribution in [1.82, 2.24) is 15.1 Å². The first-order valence-electron chi connectivity index (χ1n) is 14.0. The van der Waals surface area contributed by atoms with Crippen LogP contribution in [0.4, 0.5) is 4.39 Å². The summed E-state index contributed by atoms with van der Waals surface area (Å²) >= 11 is 1.44. The molecule has 9 heteroatoms. The van der Waals surface area contributed by atoms with E-state index < -0.39 is 6.04 Å². The van der Waals surface area contributed by atoms with Gasteiger partial charge in [-0.3, -0.25) is 9.59 Å². The number of amidine groups is 1. The zero-order valence-corrected chi connectivity index (χ0v) is 24.7. The van der Waals surface area contributed by atoms with Crippen LogP contribution in [0.25, 0.3) is 0 Å². The lowest BCUT2D eigenvalue weighted by atomic mass is 9.92. The Balaban J connectivity index is 1.46. The highest BCUT2D eigenvalue weighted by Gasteiger charge is 2.41. The number of nitrogens with zero attached hydrogens (tertiary/aromatic N) is 3. The Bertz CT molecular complexity index is 1550. The Hall–Kier alpha value is -4.37. The van der Waals surface area contributed by atoms with E-state index in [0.29, 0.717) is 41.0 Å². The topological polar surface area (TPSA) is 74.2 Å². The van der Waals surface area contributed by atoms with E-state index in [0.717, 1.165) is 16.8 Å². The third-order valence-corrected chi connectivity index (χ3v) is 8.07. The van der Waals surface area contributed by atoms with Gasteiger partial charge in [0.1, 0.15) is 17.3 Å². The largest absolute Gasteiger partial charge is 0.457 e. The molecule has 3 aromatic carbocycles. The molecule has 0 aliphatic carbocycles. The van der Waals surface area contributed by atoms with Crippen LogP contribution in [0.2, 0.25) is 0 Å². The van der Waals surface area contributed by atoms with Crippen molar-refractivity contribution >= 4 is 28.7 Å². The number of ether oxygens (including phenoxy) is 1. The molecular weight excluding hydrogens is 551 g/mol. The number of benzene rings is 3. The maximum atomic E-state index is 13.9. The van der Waals surface area contributed by atoms with Crippen LogP contribution in [0.1, 0.15) is 44.4 Å². The van der Waals surface area contributed by atoms with Gasteiger partial charge in [0.15, 0.2) is 5.17 Å². The minimum Gasteiger partial charge on any atom is -0.457 e. The van der Waals surface area contributed by atoms with Crippen LogP contribution in [0.5, 0.6) is 11.5 Å². The number of amides is 2. The van der Waals surface area contributed by atoms with Gasteiger partial charge >= 0.3 is 0 Å². The molecule has 0 radical (unpaired) electrons. The molecule has 0 saturated carbocycles. The molecule has 216 valence electrons. The van der Waals surface area contributed by atoms with E-state index in [1.165, 1.54) is 23.9 Å². The summed E-state index contributed by atoms with van der Waals surface area (Å²) in [5.41, 5.74) is 3.62. The Morgan fingerprint density at radius 1 is 1.00 bits per heavy atom. The van der Waals surface area contributed by atoms with E-state index in [1.807, 2.05) is 85.7 Å². The first-order valence-corrected chi connectivity index (χ1v) is 14.8. The summed E-state index contributed by atoms with van der Waals surface area (Å²) in [5.74, 6) is 0.760. The number of hydrogen-bond acceptors (Lipinski definition) is 6. The summed E-state index contributed by atoms with van der Waals surface area (Å²) in [6.45, 7) is 7.20. The number of allylic oxidation sites excluding steroid dienone is 1. The second kappa shape index (κ2) is 13.1. The van der Waals surface area contributed by atoms with Crippen molar-refractivity contribution in [3.8, 4) is 11.5 Å². The molecular formula is C33H33FN4O3S. The quantitative estimate of drug-likeness (QED) is 0.285. The van der Waals surface area contributed by atoms with Gasteiger partial charge in [-0.15, -0.1) is 0 Å². The number of thioether (sulfide) groups is 1. The van der Waals surface area contributed by atoms with Crippen molar-refractivity contribution in [3.63, 3.8) is 0 Å². The minimum absolute atomic E-state index is 0.0864. The lowest BCUT2D eigenvalue weighted by Gasteiger charge is -2.38. The van der Waals surface area contributed by atoms with Crippen LogP contribution in [0, 0.1) is 5.82 Å². The second-order valence-electron chi connectivity index (χ2n) is 9.94. The van der Waals surface area contributed by atoms with Crippen LogP contribution in [0.3, 0.4) is 0 Å². The Morgan fingerprint density at radius 3 is 2.43 bits per heavy atom. The molecule has 2 amide bonds. The van der Waals surface area contributed by atoms with Crippen LogP contribution in [-0.2, 0) is 16.1 Å². The van der Waals surface area contributed by atoms with Crippen molar-refractivity contribution in [2.24, 2.45) is 4.99 Å². The molecule has 2 aliphatic heterocycles. The Kier molecular flexibility index (Phi) is 9.07. The molecule has 2 heterocycles. The Morgan fingerprint density at radius 2 is 1.71 bits per heavy atom. The number of fused-ring (bicyclic) bond motifs is 1. The fourth-order valence-corrected chi connectivity index (χ4v) is 6.01. The molecule has 1 N–H and O–H groups in total. The first-order chi connectivity index (χ1) is 20.4. The highest BCUT2D eigenvalue weighted by Crippen LogP contribution is 2.45. The fraction of sp³-hybridized carbons (Fsp3) is 0.242. The van der Waals surface area contributed by atoms with Crippen LogP contribution in [-0.4, -0.2) is 39.9 Å². The molecule has 0 spiro atoms. The molecule has 5 rings (SSSR count). The van der Waals surface area contributed by atoms with Gasteiger partial charge in [0.05, 0.1) is 23.7 Å². The van der Waals surface area contributed by atoms with E-state index in [1.54, 1.807) is 17.0 Å². The number of aliphatic imine (C=N–C) groups is 1. The van der Waals surface area contributed by atoms with Gasteiger partial charge in [0, 0.05) is 25.3 Å². The summed E-state index contributed by atoms with van der Waals surface area (Å²) in [6.07, 6.45) is 0.0930. The number of hydrogen-bond donors (Lipinski definition) is 1. The van der Waals surface area contributed by atoms with E-state index in [-0.39, 0.29) is 30.6 Å². The van der Waals surface area contributed by atoms with Crippen molar-refractivity contribution in [1.29, 1.82) is 0 Å². The fourth-order valence-electron chi connectivity index (χ4n) is 5.04. The molecule has 3 aromatic rings. The van der Waals surface area contributed by atoms with Gasteiger partial charge in [0.2, 0.25) is 5.91 Å². The number of carbonyl (C=O) groups excluding carboxylic acids is 2. The summed E-state index contributed by atoms with van der Waals surface area (Å²) in [6, 6.07) is 22.8. The number of halogens is 1. The van der Waals surface area contributed by atoms with Gasteiger partial charge in [-0.2, -0.15) is 0 Å². The number of likely N-dealkylation sites (N-methyl/N-ethyl adjacent to an activating group) is 1. The number of nitrogens with one attached hydrogen (secondary N) is 1. The SMILES string of the molecule is CCN(CC)C(=O)C1=C(C)N=C2SC=C(CC(=O)NCc3ccc(F)cc3)N2[C@H]1c1cccc(Oc2ccccc2)c1. The van der Waals surface area contributed by atoms with Crippen LogP contribution >= 0.6 is 11.8 Å². The lowest BCUT2D eigenvalue weighted by Crippen LogP contribution is -2.42. The normalized spacial score (nSPS) is 16.0. The Labute approximate surface area is 249 Å². The predicted octanol–water partition coefficient (Wildman–Crippen LogP) is 6.77. The maximum absolute atomic E-state index is 13.9. The number of carbonyl (C=O) groups is 2. The van der Waals surface area contributed by atoms with E-state index in [4.69, 9.17) is 9.73 Å². The van der Waals surface area contributed by atoms with Gasteiger partial charge in [0.25, 0.3) is 5.91 Å². The third-order valence-electron chi connectivity index (χ3n) is 7.18. The number of para-hydroxylation sites is 1. The smallest absolute Gasteiger partial charge is 0.254 e. The van der Waals surface area contributed by atoms with Gasteiger partial charge in [-0.05, 0) is 73.7 Å². The second-order valence-corrected chi connectivity index (χ2v) is 10.8. The molecule has 1 atom stereocenters.